The van der Waals surface area contributed by atoms with E-state index in [0.29, 0.717) is 0 Å². The first kappa shape index (κ1) is 31.8. The Bertz CT molecular complexity index is 743. The number of hydrogen-bond donors (Lipinski definition) is 12. The van der Waals surface area contributed by atoms with Crippen molar-refractivity contribution in [2.24, 2.45) is 5.73 Å². The van der Waals surface area contributed by atoms with Crippen LogP contribution in [0.5, 0.6) is 0 Å². The van der Waals surface area contributed by atoms with Crippen molar-refractivity contribution in [3.63, 3.8) is 0 Å². The van der Waals surface area contributed by atoms with Crippen molar-refractivity contribution in [2.45, 2.75) is 91.9 Å². The molecule has 0 aromatic carbocycles. The van der Waals surface area contributed by atoms with Gasteiger partial charge in [0.2, 0.25) is 0 Å². The van der Waals surface area contributed by atoms with Crippen molar-refractivity contribution in [2.75, 3.05) is 13.2 Å². The molecule has 0 amide bonds. The van der Waals surface area contributed by atoms with Gasteiger partial charge in [-0.15, -0.1) is 0 Å². The Morgan fingerprint density at radius 1 is 0.865 bits per heavy atom. The average Bonchev–Trinajstić information content (AvgIpc) is 2.88. The third-order valence-corrected chi connectivity index (χ3v) is 6.03. The SMILES string of the molecule is NC1C(OCC(O)C(O)C(O)C(O)C(C=O)OC2OC(C(=O)O)C(O)C(O)C2O)OC(CO)C(O)C1O. The number of ether oxygens (including phenoxy) is 4. The van der Waals surface area contributed by atoms with Gasteiger partial charge in [-0.3, -0.25) is 0 Å². The minimum absolute atomic E-state index is 0.108. The van der Waals surface area contributed by atoms with Crippen molar-refractivity contribution < 1.29 is 84.7 Å². The van der Waals surface area contributed by atoms with Gasteiger partial charge >= 0.3 is 5.97 Å². The molecule has 0 radical (unpaired) electrons. The topological polar surface area (TPSA) is 320 Å². The summed E-state index contributed by atoms with van der Waals surface area (Å²) in [5.74, 6) is -1.75. The van der Waals surface area contributed by atoms with Crippen molar-refractivity contribution in [3.05, 3.63) is 0 Å². The molecule has 2 heterocycles. The number of aliphatic hydroxyl groups is 10. The highest BCUT2D eigenvalue weighted by Crippen LogP contribution is 2.25. The Balaban J connectivity index is 1.98. The van der Waals surface area contributed by atoms with Crippen molar-refractivity contribution in [1.82, 2.24) is 0 Å². The van der Waals surface area contributed by atoms with E-state index in [1.807, 2.05) is 0 Å². The number of carbonyl (C=O) groups is 2. The van der Waals surface area contributed by atoms with E-state index in [9.17, 15) is 60.7 Å². The van der Waals surface area contributed by atoms with E-state index in [4.69, 9.17) is 29.8 Å². The van der Waals surface area contributed by atoms with Crippen LogP contribution in [0.3, 0.4) is 0 Å². The van der Waals surface area contributed by atoms with Crippen LogP contribution in [-0.2, 0) is 28.5 Å². The molecule has 0 spiro atoms. The quantitative estimate of drug-likeness (QED) is 0.101. The summed E-state index contributed by atoms with van der Waals surface area (Å²) in [5, 5.41) is 108. The highest BCUT2D eigenvalue weighted by atomic mass is 16.7. The molecule has 2 rings (SSSR count). The van der Waals surface area contributed by atoms with Gasteiger partial charge in [0.15, 0.2) is 25.0 Å². The van der Waals surface area contributed by atoms with Crippen molar-refractivity contribution >= 4 is 12.3 Å². The van der Waals surface area contributed by atoms with Crippen LogP contribution >= 0.6 is 0 Å². The molecule has 2 aliphatic rings. The number of aliphatic hydroxyl groups excluding tert-OH is 10. The lowest BCUT2D eigenvalue weighted by atomic mass is 9.97. The van der Waals surface area contributed by atoms with E-state index in [1.165, 1.54) is 0 Å². The van der Waals surface area contributed by atoms with Crippen LogP contribution in [-0.4, -0.2) is 174 Å². The van der Waals surface area contributed by atoms with E-state index in [0.717, 1.165) is 0 Å². The molecule has 37 heavy (non-hydrogen) atoms. The second-order valence-electron chi connectivity index (χ2n) is 8.63. The zero-order valence-corrected chi connectivity index (χ0v) is 19.1. The predicted octanol–water partition coefficient (Wildman–Crippen LogP) is -8.31. The molecular formula is C19H33NO17. The summed E-state index contributed by atoms with van der Waals surface area (Å²) < 4.78 is 20.1. The minimum atomic E-state index is -2.32. The number of carboxylic acids is 1. The molecule has 216 valence electrons. The van der Waals surface area contributed by atoms with Crippen molar-refractivity contribution in [3.8, 4) is 0 Å². The summed E-state index contributed by atoms with van der Waals surface area (Å²) in [5.41, 5.74) is 5.67. The standard InChI is InChI=1S/C19H33NO17/c20-7-11(27)9(25)5(1-21)35-18(7)34-3-4(23)8(24)12(28)10(26)6(2-22)36-19-15(31)13(29)14(30)16(37-19)17(32)33/h2,4-16,18-19,21,23-31H,1,3,20H2,(H,32,33). The van der Waals surface area contributed by atoms with E-state index in [2.05, 4.69) is 0 Å². The summed E-state index contributed by atoms with van der Waals surface area (Å²) in [4.78, 5) is 22.6. The van der Waals surface area contributed by atoms with E-state index in [1.54, 1.807) is 0 Å². The maximum atomic E-state index is 11.4. The maximum Gasteiger partial charge on any atom is 0.335 e. The number of aliphatic carboxylic acids is 1. The molecule has 13 N–H and O–H groups in total. The van der Waals surface area contributed by atoms with Crippen LogP contribution < -0.4 is 5.73 Å². The van der Waals surface area contributed by atoms with Crippen LogP contribution in [0.25, 0.3) is 0 Å². The number of carbonyl (C=O) groups excluding carboxylic acids is 1. The first-order chi connectivity index (χ1) is 17.3. The fourth-order valence-corrected chi connectivity index (χ4v) is 3.68. The highest BCUT2D eigenvalue weighted by molar-refractivity contribution is 5.73. The molecule has 18 nitrogen and oxygen atoms in total. The first-order valence-electron chi connectivity index (χ1n) is 11.0. The molecule has 0 saturated carbocycles. The molecule has 2 aliphatic heterocycles. The van der Waals surface area contributed by atoms with Crippen LogP contribution in [0.1, 0.15) is 0 Å². The van der Waals surface area contributed by atoms with Gasteiger partial charge in [-0.1, -0.05) is 0 Å². The molecule has 2 saturated heterocycles. The zero-order valence-electron chi connectivity index (χ0n) is 19.1. The molecule has 2 fully saturated rings. The summed E-state index contributed by atoms with van der Waals surface area (Å²) in [7, 11) is 0. The molecular weight excluding hydrogens is 514 g/mol. The van der Waals surface area contributed by atoms with Crippen LogP contribution in [0.2, 0.25) is 0 Å². The summed E-state index contributed by atoms with van der Waals surface area (Å²) in [6, 6.07) is -1.34. The Morgan fingerprint density at radius 2 is 1.49 bits per heavy atom. The Kier molecular flexibility index (Phi) is 11.6. The van der Waals surface area contributed by atoms with E-state index in [-0.39, 0.29) is 6.29 Å². The fourth-order valence-electron chi connectivity index (χ4n) is 3.68. The normalized spacial score (nSPS) is 40.8. The maximum absolute atomic E-state index is 11.4. The largest absolute Gasteiger partial charge is 0.479 e. The second-order valence-corrected chi connectivity index (χ2v) is 8.63. The van der Waals surface area contributed by atoms with Gasteiger partial charge in [-0.2, -0.15) is 0 Å². The molecule has 0 bridgehead atoms. The zero-order chi connectivity index (χ0) is 28.2. The molecule has 15 atom stereocenters. The van der Waals surface area contributed by atoms with Gasteiger partial charge in [-0.05, 0) is 0 Å². The van der Waals surface area contributed by atoms with Gasteiger partial charge < -0.3 is 85.6 Å². The first-order valence-corrected chi connectivity index (χ1v) is 11.0. The smallest absolute Gasteiger partial charge is 0.335 e. The summed E-state index contributed by atoms with van der Waals surface area (Å²) >= 11 is 0. The van der Waals surface area contributed by atoms with E-state index < -0.39 is 111 Å². The number of carboxylic acid groups (broad SMARTS) is 1. The second kappa shape index (κ2) is 13.6. The number of rotatable bonds is 12. The Hall–Kier alpha value is -1.46. The van der Waals surface area contributed by atoms with Gasteiger partial charge in [0.25, 0.3) is 0 Å². The lowest BCUT2D eigenvalue weighted by molar-refractivity contribution is -0.309. The molecule has 15 unspecified atom stereocenters. The van der Waals surface area contributed by atoms with Crippen LogP contribution in [0.15, 0.2) is 0 Å². The van der Waals surface area contributed by atoms with Crippen molar-refractivity contribution in [1.29, 1.82) is 0 Å². The Morgan fingerprint density at radius 3 is 2.03 bits per heavy atom. The Labute approximate surface area is 208 Å². The minimum Gasteiger partial charge on any atom is -0.479 e. The summed E-state index contributed by atoms with van der Waals surface area (Å²) in [6.07, 6.45) is -27.3. The number of aldehydes is 1. The lowest BCUT2D eigenvalue weighted by Crippen LogP contribution is -2.63. The van der Waals surface area contributed by atoms with Gasteiger partial charge in [0.1, 0.15) is 67.1 Å². The van der Waals surface area contributed by atoms with Gasteiger partial charge in [-0.25, -0.2) is 4.79 Å². The highest BCUT2D eigenvalue weighted by Gasteiger charge is 2.49. The molecule has 0 aromatic rings. The van der Waals surface area contributed by atoms with Crippen LogP contribution in [0, 0.1) is 0 Å². The third kappa shape index (κ3) is 7.15. The monoisotopic (exact) mass is 547 g/mol. The fraction of sp³-hybridized carbons (Fsp3) is 0.895. The summed E-state index contributed by atoms with van der Waals surface area (Å²) in [6.45, 7) is -1.54. The lowest BCUT2D eigenvalue weighted by Gasteiger charge is -2.41. The third-order valence-electron chi connectivity index (χ3n) is 6.03. The van der Waals surface area contributed by atoms with Gasteiger partial charge in [0.05, 0.1) is 19.3 Å². The molecule has 0 aliphatic carbocycles. The van der Waals surface area contributed by atoms with Gasteiger partial charge in [0, 0.05) is 0 Å². The molecule has 18 heteroatoms. The molecule has 0 aromatic heterocycles. The predicted molar refractivity (Wildman–Crippen MR) is 111 cm³/mol. The van der Waals surface area contributed by atoms with E-state index >= 15 is 0 Å². The number of hydrogen-bond acceptors (Lipinski definition) is 17. The number of nitrogens with two attached hydrogens (primary N) is 1. The average molecular weight is 547 g/mol. The van der Waals surface area contributed by atoms with Crippen LogP contribution in [0.4, 0.5) is 0 Å².